The maximum absolute atomic E-state index is 11.8. The zero-order valence-corrected chi connectivity index (χ0v) is 12.7. The molecule has 4 heteroatoms. The van der Waals surface area contributed by atoms with Crippen molar-refractivity contribution in [3.63, 3.8) is 0 Å². The Morgan fingerprint density at radius 3 is 2.50 bits per heavy atom. The van der Waals surface area contributed by atoms with Crippen LogP contribution >= 0.6 is 11.6 Å². The van der Waals surface area contributed by atoms with Crippen LogP contribution in [-0.4, -0.2) is 19.1 Å². The summed E-state index contributed by atoms with van der Waals surface area (Å²) in [6.45, 7) is 0. The third-order valence-corrected chi connectivity index (χ3v) is 4.09. The fraction of sp³-hybridized carbons (Fsp3) is 0.562. The van der Waals surface area contributed by atoms with Gasteiger partial charge in [-0.25, -0.2) is 4.79 Å². The molecule has 1 saturated carbocycles. The van der Waals surface area contributed by atoms with E-state index in [4.69, 9.17) is 16.3 Å². The van der Waals surface area contributed by atoms with Crippen molar-refractivity contribution < 1.29 is 9.53 Å². The van der Waals surface area contributed by atoms with Crippen LogP contribution in [0.15, 0.2) is 18.2 Å². The molecule has 1 aromatic carbocycles. The Hall–Kier alpha value is -1.22. The van der Waals surface area contributed by atoms with Crippen molar-refractivity contribution in [3.8, 4) is 0 Å². The van der Waals surface area contributed by atoms with Gasteiger partial charge in [0.15, 0.2) is 0 Å². The lowest BCUT2D eigenvalue weighted by Crippen LogP contribution is -2.22. The minimum Gasteiger partial charge on any atom is -0.465 e. The van der Waals surface area contributed by atoms with Crippen molar-refractivity contribution in [1.29, 1.82) is 0 Å². The van der Waals surface area contributed by atoms with Gasteiger partial charge in [0.2, 0.25) is 0 Å². The standard InChI is InChI=1S/C16H22ClNO2/c1-20-16(19)14-11-12(17)9-10-15(14)18-13-7-5-3-2-4-6-8-13/h9-11,13,18H,2-8H2,1H3. The number of methoxy groups -OCH3 is 1. The SMILES string of the molecule is COC(=O)c1cc(Cl)ccc1NC1CCCCCCC1. The van der Waals surface area contributed by atoms with E-state index in [0.29, 0.717) is 16.6 Å². The first-order valence-electron chi connectivity index (χ1n) is 7.35. The summed E-state index contributed by atoms with van der Waals surface area (Å²) in [6.07, 6.45) is 8.77. The molecular weight excluding hydrogens is 274 g/mol. The third kappa shape index (κ3) is 4.14. The minimum atomic E-state index is -0.346. The average Bonchev–Trinajstić information content (AvgIpc) is 2.42. The lowest BCUT2D eigenvalue weighted by atomic mass is 9.96. The summed E-state index contributed by atoms with van der Waals surface area (Å²) < 4.78 is 4.83. The van der Waals surface area contributed by atoms with Gasteiger partial charge in [0.1, 0.15) is 0 Å². The molecule has 1 N–H and O–H groups in total. The van der Waals surface area contributed by atoms with E-state index < -0.39 is 0 Å². The summed E-state index contributed by atoms with van der Waals surface area (Å²) in [5, 5.41) is 4.05. The lowest BCUT2D eigenvalue weighted by molar-refractivity contribution is 0.0602. The Kier molecular flexibility index (Phi) is 5.72. The first-order valence-corrected chi connectivity index (χ1v) is 7.73. The van der Waals surface area contributed by atoms with Crippen LogP contribution in [-0.2, 0) is 4.74 Å². The first kappa shape index (κ1) is 15.2. The fourth-order valence-corrected chi connectivity index (χ4v) is 2.91. The molecule has 2 rings (SSSR count). The maximum Gasteiger partial charge on any atom is 0.340 e. The molecular formula is C16H22ClNO2. The van der Waals surface area contributed by atoms with Gasteiger partial charge in [-0.3, -0.25) is 0 Å². The molecule has 0 spiro atoms. The van der Waals surface area contributed by atoms with Gasteiger partial charge in [0, 0.05) is 16.8 Å². The number of halogens is 1. The van der Waals surface area contributed by atoms with Crippen LogP contribution in [0.2, 0.25) is 5.02 Å². The van der Waals surface area contributed by atoms with Gasteiger partial charge in [-0.15, -0.1) is 0 Å². The Morgan fingerprint density at radius 2 is 1.85 bits per heavy atom. The van der Waals surface area contributed by atoms with Crippen molar-refractivity contribution in [2.45, 2.75) is 51.0 Å². The summed E-state index contributed by atoms with van der Waals surface area (Å²) in [4.78, 5) is 11.8. The first-order chi connectivity index (χ1) is 9.70. The normalized spacial score (nSPS) is 17.1. The molecule has 0 amide bonds. The van der Waals surface area contributed by atoms with E-state index in [1.54, 1.807) is 12.1 Å². The van der Waals surface area contributed by atoms with Crippen LogP contribution in [0.25, 0.3) is 0 Å². The second kappa shape index (κ2) is 7.53. The predicted molar refractivity (Wildman–Crippen MR) is 82.5 cm³/mol. The fourth-order valence-electron chi connectivity index (χ4n) is 2.74. The zero-order valence-electron chi connectivity index (χ0n) is 12.0. The van der Waals surface area contributed by atoms with Gasteiger partial charge < -0.3 is 10.1 Å². The van der Waals surface area contributed by atoms with Crippen molar-refractivity contribution in [2.75, 3.05) is 12.4 Å². The number of carbonyl (C=O) groups excluding carboxylic acids is 1. The van der Waals surface area contributed by atoms with E-state index in [-0.39, 0.29) is 5.97 Å². The van der Waals surface area contributed by atoms with E-state index in [0.717, 1.165) is 18.5 Å². The molecule has 20 heavy (non-hydrogen) atoms. The average molecular weight is 296 g/mol. The van der Waals surface area contributed by atoms with Crippen molar-refractivity contribution in [2.24, 2.45) is 0 Å². The summed E-state index contributed by atoms with van der Waals surface area (Å²) in [5.41, 5.74) is 1.34. The lowest BCUT2D eigenvalue weighted by Gasteiger charge is -2.23. The number of nitrogens with one attached hydrogen (secondary N) is 1. The molecule has 110 valence electrons. The van der Waals surface area contributed by atoms with E-state index in [2.05, 4.69) is 5.32 Å². The zero-order chi connectivity index (χ0) is 14.4. The molecule has 0 unspecified atom stereocenters. The summed E-state index contributed by atoms with van der Waals surface area (Å²) in [6, 6.07) is 5.77. The number of hydrogen-bond acceptors (Lipinski definition) is 3. The number of esters is 1. The molecule has 0 heterocycles. The smallest absolute Gasteiger partial charge is 0.340 e. The molecule has 1 aliphatic carbocycles. The molecule has 0 saturated heterocycles. The molecule has 0 bridgehead atoms. The number of hydrogen-bond donors (Lipinski definition) is 1. The number of rotatable bonds is 3. The summed E-state index contributed by atoms with van der Waals surface area (Å²) >= 11 is 5.97. The van der Waals surface area contributed by atoms with Crippen LogP contribution in [0.4, 0.5) is 5.69 Å². The van der Waals surface area contributed by atoms with Crippen LogP contribution < -0.4 is 5.32 Å². The highest BCUT2D eigenvalue weighted by atomic mass is 35.5. The molecule has 1 fully saturated rings. The highest BCUT2D eigenvalue weighted by Crippen LogP contribution is 2.25. The van der Waals surface area contributed by atoms with E-state index in [1.807, 2.05) is 6.07 Å². The second-order valence-corrected chi connectivity index (χ2v) is 5.80. The Labute approximate surface area is 125 Å². The van der Waals surface area contributed by atoms with Gasteiger partial charge in [-0.2, -0.15) is 0 Å². The number of carbonyl (C=O) groups is 1. The largest absolute Gasteiger partial charge is 0.465 e. The number of benzene rings is 1. The summed E-state index contributed by atoms with van der Waals surface area (Å²) in [7, 11) is 1.39. The quantitative estimate of drug-likeness (QED) is 0.825. The molecule has 3 nitrogen and oxygen atoms in total. The van der Waals surface area contributed by atoms with E-state index in [1.165, 1.54) is 39.2 Å². The van der Waals surface area contributed by atoms with Crippen LogP contribution in [0.5, 0.6) is 0 Å². The predicted octanol–water partition coefficient (Wildman–Crippen LogP) is 4.65. The van der Waals surface area contributed by atoms with Crippen LogP contribution in [0.1, 0.15) is 55.3 Å². The third-order valence-electron chi connectivity index (χ3n) is 3.85. The Bertz CT molecular complexity index is 454. The topological polar surface area (TPSA) is 38.3 Å². The van der Waals surface area contributed by atoms with Gasteiger partial charge >= 0.3 is 5.97 Å². The molecule has 1 aliphatic rings. The van der Waals surface area contributed by atoms with Gasteiger partial charge in [-0.05, 0) is 31.0 Å². The van der Waals surface area contributed by atoms with Gasteiger partial charge in [-0.1, -0.05) is 43.7 Å². The molecule has 0 radical (unpaired) electrons. The maximum atomic E-state index is 11.8. The number of anilines is 1. The van der Waals surface area contributed by atoms with Crippen molar-refractivity contribution in [1.82, 2.24) is 0 Å². The highest BCUT2D eigenvalue weighted by molar-refractivity contribution is 6.31. The molecule has 1 aromatic rings. The summed E-state index contributed by atoms with van der Waals surface area (Å²) in [5.74, 6) is -0.346. The minimum absolute atomic E-state index is 0.346. The van der Waals surface area contributed by atoms with Crippen LogP contribution in [0.3, 0.4) is 0 Å². The highest BCUT2D eigenvalue weighted by Gasteiger charge is 2.16. The van der Waals surface area contributed by atoms with E-state index >= 15 is 0 Å². The van der Waals surface area contributed by atoms with Crippen molar-refractivity contribution >= 4 is 23.3 Å². The van der Waals surface area contributed by atoms with Gasteiger partial charge in [0.25, 0.3) is 0 Å². The molecule has 0 atom stereocenters. The second-order valence-electron chi connectivity index (χ2n) is 5.37. The Morgan fingerprint density at radius 1 is 1.20 bits per heavy atom. The number of ether oxygens (including phenoxy) is 1. The van der Waals surface area contributed by atoms with Crippen molar-refractivity contribution in [3.05, 3.63) is 28.8 Å². The Balaban J connectivity index is 2.12. The van der Waals surface area contributed by atoms with Crippen LogP contribution in [0, 0.1) is 0 Å². The monoisotopic (exact) mass is 295 g/mol. The van der Waals surface area contributed by atoms with E-state index in [9.17, 15) is 4.79 Å². The molecule has 0 aromatic heterocycles. The molecule has 0 aliphatic heterocycles. The van der Waals surface area contributed by atoms with Gasteiger partial charge in [0.05, 0.1) is 12.7 Å².